The minimum Gasteiger partial charge on any atom is -0.481 e. The number of unbranched alkanes of at least 4 members (excludes halogenated alkanes) is 3. The Morgan fingerprint density at radius 1 is 1.05 bits per heavy atom. The molecule has 5 nitrogen and oxygen atoms in total. The Bertz CT molecular complexity index is 476. The van der Waals surface area contributed by atoms with Crippen molar-refractivity contribution in [2.75, 3.05) is 6.54 Å². The quantitative estimate of drug-likeness (QED) is 0.718. The minimum absolute atomic E-state index is 0.0950. The van der Waals surface area contributed by atoms with Crippen LogP contribution < -0.4 is 5.32 Å². The highest BCUT2D eigenvalue weighted by molar-refractivity contribution is 5.96. The number of furan rings is 1. The van der Waals surface area contributed by atoms with Gasteiger partial charge in [0, 0.05) is 18.5 Å². The summed E-state index contributed by atoms with van der Waals surface area (Å²) in [6.07, 6.45) is 3.59. The van der Waals surface area contributed by atoms with Crippen molar-refractivity contribution in [2.45, 2.75) is 52.9 Å². The zero-order valence-electron chi connectivity index (χ0n) is 12.4. The van der Waals surface area contributed by atoms with Gasteiger partial charge in [-0.1, -0.05) is 12.8 Å². The average molecular weight is 281 g/mol. The maximum Gasteiger partial charge on any atom is 0.303 e. The van der Waals surface area contributed by atoms with E-state index in [9.17, 15) is 9.59 Å². The fourth-order valence-electron chi connectivity index (χ4n) is 2.17. The smallest absolute Gasteiger partial charge is 0.303 e. The van der Waals surface area contributed by atoms with Crippen LogP contribution >= 0.6 is 0 Å². The minimum atomic E-state index is -0.750. The molecule has 1 aromatic heterocycles. The molecule has 20 heavy (non-hydrogen) atoms. The second-order valence-electron chi connectivity index (χ2n) is 5.03. The second-order valence-corrected chi connectivity index (χ2v) is 5.03. The van der Waals surface area contributed by atoms with E-state index < -0.39 is 5.97 Å². The molecule has 0 bridgehead atoms. The molecule has 0 spiro atoms. The molecule has 1 rings (SSSR count). The first kappa shape index (κ1) is 16.3. The van der Waals surface area contributed by atoms with Crippen molar-refractivity contribution in [3.05, 3.63) is 22.6 Å². The Labute approximate surface area is 119 Å². The number of amides is 1. The summed E-state index contributed by atoms with van der Waals surface area (Å²) in [5.41, 5.74) is 1.52. The monoisotopic (exact) mass is 281 g/mol. The molecule has 0 saturated heterocycles. The lowest BCUT2D eigenvalue weighted by Gasteiger charge is -2.05. The number of aliphatic carboxylic acids is 1. The van der Waals surface area contributed by atoms with E-state index in [1.807, 2.05) is 13.8 Å². The van der Waals surface area contributed by atoms with Crippen LogP contribution in [0.3, 0.4) is 0 Å². The van der Waals surface area contributed by atoms with Crippen LogP contribution in [0.2, 0.25) is 0 Å². The number of carbonyl (C=O) groups is 2. The van der Waals surface area contributed by atoms with E-state index in [2.05, 4.69) is 5.32 Å². The van der Waals surface area contributed by atoms with Crippen LogP contribution in [0.25, 0.3) is 0 Å². The zero-order valence-corrected chi connectivity index (χ0v) is 12.4. The number of carbonyl (C=O) groups excluding carboxylic acids is 1. The topological polar surface area (TPSA) is 79.5 Å². The molecule has 2 N–H and O–H groups in total. The molecule has 0 radical (unpaired) electrons. The normalized spacial score (nSPS) is 10.6. The average Bonchev–Trinajstić information content (AvgIpc) is 2.61. The van der Waals surface area contributed by atoms with Crippen LogP contribution in [0.4, 0.5) is 0 Å². The maximum absolute atomic E-state index is 12.0. The fraction of sp³-hybridized carbons (Fsp3) is 0.600. The highest BCUT2D eigenvalue weighted by atomic mass is 16.4. The Kier molecular flexibility index (Phi) is 6.28. The van der Waals surface area contributed by atoms with Crippen molar-refractivity contribution in [3.63, 3.8) is 0 Å². The molecule has 0 aromatic carbocycles. The number of hydrogen-bond donors (Lipinski definition) is 2. The molecule has 112 valence electrons. The van der Waals surface area contributed by atoms with Crippen LogP contribution in [0.15, 0.2) is 4.42 Å². The van der Waals surface area contributed by atoms with E-state index in [1.165, 1.54) is 0 Å². The number of rotatable bonds is 8. The predicted molar refractivity (Wildman–Crippen MR) is 76.0 cm³/mol. The van der Waals surface area contributed by atoms with Crippen LogP contribution in [-0.4, -0.2) is 23.5 Å². The van der Waals surface area contributed by atoms with Crippen LogP contribution in [-0.2, 0) is 4.79 Å². The number of carboxylic acid groups (broad SMARTS) is 1. The first-order valence-electron chi connectivity index (χ1n) is 7.00. The largest absolute Gasteiger partial charge is 0.481 e. The van der Waals surface area contributed by atoms with E-state index in [0.717, 1.165) is 30.6 Å². The van der Waals surface area contributed by atoms with Crippen molar-refractivity contribution >= 4 is 11.9 Å². The third-order valence-electron chi connectivity index (χ3n) is 3.39. The highest BCUT2D eigenvalue weighted by Crippen LogP contribution is 2.20. The molecule has 0 atom stereocenters. The molecular formula is C15H23NO4. The number of hydrogen-bond acceptors (Lipinski definition) is 3. The molecule has 1 heterocycles. The Morgan fingerprint density at radius 3 is 2.25 bits per heavy atom. The van der Waals surface area contributed by atoms with Gasteiger partial charge < -0.3 is 14.8 Å². The lowest BCUT2D eigenvalue weighted by molar-refractivity contribution is -0.137. The van der Waals surface area contributed by atoms with Gasteiger partial charge in [0.2, 0.25) is 0 Å². The van der Waals surface area contributed by atoms with Gasteiger partial charge in [-0.3, -0.25) is 9.59 Å². The van der Waals surface area contributed by atoms with Gasteiger partial charge in [-0.15, -0.1) is 0 Å². The van der Waals surface area contributed by atoms with Crippen LogP contribution in [0.5, 0.6) is 0 Å². The Hall–Kier alpha value is -1.78. The third-order valence-corrected chi connectivity index (χ3v) is 3.39. The lowest BCUT2D eigenvalue weighted by atomic mass is 10.1. The van der Waals surface area contributed by atoms with Crippen molar-refractivity contribution in [1.29, 1.82) is 0 Å². The molecule has 0 aliphatic carbocycles. The summed E-state index contributed by atoms with van der Waals surface area (Å²) < 4.78 is 5.43. The maximum atomic E-state index is 12.0. The van der Waals surface area contributed by atoms with Crippen molar-refractivity contribution in [2.24, 2.45) is 0 Å². The summed E-state index contributed by atoms with van der Waals surface area (Å²) in [5, 5.41) is 11.4. The fourth-order valence-corrected chi connectivity index (χ4v) is 2.17. The first-order chi connectivity index (χ1) is 9.43. The molecule has 0 saturated carbocycles. The second kappa shape index (κ2) is 7.72. The number of nitrogens with one attached hydrogen (secondary N) is 1. The molecule has 1 amide bonds. The summed E-state index contributed by atoms with van der Waals surface area (Å²) in [6.45, 7) is 6.13. The van der Waals surface area contributed by atoms with Gasteiger partial charge in [-0.2, -0.15) is 0 Å². The van der Waals surface area contributed by atoms with Crippen molar-refractivity contribution in [1.82, 2.24) is 5.32 Å². The number of carboxylic acids is 1. The van der Waals surface area contributed by atoms with Gasteiger partial charge >= 0.3 is 5.97 Å². The summed E-state index contributed by atoms with van der Waals surface area (Å²) in [4.78, 5) is 22.4. The summed E-state index contributed by atoms with van der Waals surface area (Å²) in [6, 6.07) is 0. The summed E-state index contributed by atoms with van der Waals surface area (Å²) >= 11 is 0. The molecule has 0 unspecified atom stereocenters. The highest BCUT2D eigenvalue weighted by Gasteiger charge is 2.17. The van der Waals surface area contributed by atoms with E-state index in [0.29, 0.717) is 24.3 Å². The van der Waals surface area contributed by atoms with Gasteiger partial charge in [0.15, 0.2) is 0 Å². The van der Waals surface area contributed by atoms with Gasteiger partial charge in [0.25, 0.3) is 5.91 Å². The molecular weight excluding hydrogens is 258 g/mol. The SMILES string of the molecule is Cc1oc(C)c(C(=O)NCCCCCCC(=O)O)c1C. The van der Waals surface area contributed by atoms with Gasteiger partial charge in [0.1, 0.15) is 11.5 Å². The van der Waals surface area contributed by atoms with Crippen LogP contribution in [0.1, 0.15) is 59.5 Å². The van der Waals surface area contributed by atoms with E-state index in [-0.39, 0.29) is 12.3 Å². The van der Waals surface area contributed by atoms with Crippen LogP contribution in [0, 0.1) is 20.8 Å². The molecule has 0 aliphatic rings. The van der Waals surface area contributed by atoms with Crippen molar-refractivity contribution < 1.29 is 19.1 Å². The lowest BCUT2D eigenvalue weighted by Crippen LogP contribution is -2.25. The first-order valence-corrected chi connectivity index (χ1v) is 7.00. The van der Waals surface area contributed by atoms with Gasteiger partial charge in [-0.25, -0.2) is 0 Å². The summed E-state index contributed by atoms with van der Waals surface area (Å²) in [5.74, 6) is 0.585. The Balaban J connectivity index is 2.25. The van der Waals surface area contributed by atoms with E-state index >= 15 is 0 Å². The predicted octanol–water partition coefficient (Wildman–Crippen LogP) is 2.97. The van der Waals surface area contributed by atoms with Gasteiger partial charge in [0.05, 0.1) is 5.56 Å². The molecule has 5 heteroatoms. The standard InChI is InChI=1S/C15H23NO4/c1-10-11(2)20-12(3)14(10)15(19)16-9-7-5-4-6-8-13(17)18/h4-9H2,1-3H3,(H,16,19)(H,17,18). The molecule has 0 aliphatic heterocycles. The summed E-state index contributed by atoms with van der Waals surface area (Å²) in [7, 11) is 0. The third kappa shape index (κ3) is 4.72. The van der Waals surface area contributed by atoms with Gasteiger partial charge in [-0.05, 0) is 33.6 Å². The van der Waals surface area contributed by atoms with E-state index in [1.54, 1.807) is 6.92 Å². The zero-order chi connectivity index (χ0) is 15.1. The van der Waals surface area contributed by atoms with Crippen molar-refractivity contribution in [3.8, 4) is 0 Å². The molecule has 1 aromatic rings. The molecule has 0 fully saturated rings. The Morgan fingerprint density at radius 2 is 1.70 bits per heavy atom. The van der Waals surface area contributed by atoms with E-state index in [4.69, 9.17) is 9.52 Å². The number of aryl methyl sites for hydroxylation is 2.